The summed E-state index contributed by atoms with van der Waals surface area (Å²) < 4.78 is 56.6. The van der Waals surface area contributed by atoms with E-state index >= 15 is 0 Å². The van der Waals surface area contributed by atoms with Crippen LogP contribution in [0.5, 0.6) is 0 Å². The number of anilines is 2. The summed E-state index contributed by atoms with van der Waals surface area (Å²) in [7, 11) is -6.00. The van der Waals surface area contributed by atoms with Crippen molar-refractivity contribution in [3.63, 3.8) is 0 Å². The number of nitrogens with zero attached hydrogens (tertiary/aromatic N) is 2. The Kier molecular flexibility index (Phi) is 7.40. The molecule has 0 aromatic heterocycles. The number of ether oxygens (including phenoxy) is 1. The van der Waals surface area contributed by atoms with Crippen molar-refractivity contribution in [1.29, 1.82) is 0 Å². The zero-order valence-corrected chi connectivity index (χ0v) is 19.8. The quantitative estimate of drug-likeness (QED) is 0.548. The maximum absolute atomic E-state index is 12.9. The van der Waals surface area contributed by atoms with Gasteiger partial charge in [-0.1, -0.05) is 24.3 Å². The molecule has 0 unspecified atom stereocenters. The van der Waals surface area contributed by atoms with Gasteiger partial charge in [-0.2, -0.15) is 4.31 Å². The van der Waals surface area contributed by atoms with Gasteiger partial charge in [0.1, 0.15) is 6.04 Å². The van der Waals surface area contributed by atoms with Crippen molar-refractivity contribution in [2.75, 3.05) is 36.1 Å². The number of hydrogen-bond acceptors (Lipinski definition) is 7. The summed E-state index contributed by atoms with van der Waals surface area (Å²) in [4.78, 5) is 24.5. The molecule has 1 aliphatic heterocycles. The zero-order valence-electron chi connectivity index (χ0n) is 18.2. The third-order valence-corrected chi connectivity index (χ3v) is 8.21. The molecule has 0 aliphatic carbocycles. The van der Waals surface area contributed by atoms with Crippen LogP contribution in [0.3, 0.4) is 0 Å². The summed E-state index contributed by atoms with van der Waals surface area (Å²) in [5, 5.41) is 2.49. The van der Waals surface area contributed by atoms with Crippen LogP contribution in [0, 0.1) is 0 Å². The molecule has 178 valence electrons. The van der Waals surface area contributed by atoms with E-state index in [1.54, 1.807) is 30.3 Å². The predicted molar refractivity (Wildman–Crippen MR) is 123 cm³/mol. The van der Waals surface area contributed by atoms with E-state index in [-0.39, 0.29) is 17.1 Å². The number of nitrogens with one attached hydrogen (secondary N) is 1. The minimum absolute atomic E-state index is 0.0293. The monoisotopic (exact) mass is 495 g/mol. The number of hydrogen-bond donors (Lipinski definition) is 1. The number of carbonyl (C=O) groups is 2. The van der Waals surface area contributed by atoms with Crippen molar-refractivity contribution >= 4 is 43.3 Å². The zero-order chi connectivity index (χ0) is 24.2. The average Bonchev–Trinajstić information content (AvgIpc) is 3.28. The Balaban J connectivity index is 1.63. The summed E-state index contributed by atoms with van der Waals surface area (Å²) in [5.41, 5.74) is 0.686. The van der Waals surface area contributed by atoms with Crippen LogP contribution in [-0.2, 0) is 34.4 Å². The molecular formula is C21H25N3O7S2. The highest BCUT2D eigenvalue weighted by molar-refractivity contribution is 7.92. The van der Waals surface area contributed by atoms with Crippen LogP contribution in [0.4, 0.5) is 11.4 Å². The van der Waals surface area contributed by atoms with E-state index < -0.39 is 44.6 Å². The number of esters is 1. The van der Waals surface area contributed by atoms with Gasteiger partial charge in [0, 0.05) is 19.3 Å². The Bertz CT molecular complexity index is 1230. The highest BCUT2D eigenvalue weighted by Gasteiger charge is 2.37. The first kappa shape index (κ1) is 24.7. The summed E-state index contributed by atoms with van der Waals surface area (Å²) in [6.45, 7) is -0.405. The number of rotatable bonds is 8. The second kappa shape index (κ2) is 9.89. The van der Waals surface area contributed by atoms with Gasteiger partial charge < -0.3 is 10.1 Å². The van der Waals surface area contributed by atoms with Gasteiger partial charge in [-0.25, -0.2) is 16.8 Å². The fourth-order valence-corrected chi connectivity index (χ4v) is 5.83. The molecule has 0 radical (unpaired) electrons. The summed E-state index contributed by atoms with van der Waals surface area (Å²) in [5.74, 6) is -1.48. The number of carbonyl (C=O) groups excluding carboxylic acids is 2. The fourth-order valence-electron chi connectivity index (χ4n) is 3.47. The maximum atomic E-state index is 12.9. The Labute approximate surface area is 193 Å². The Morgan fingerprint density at radius 2 is 1.79 bits per heavy atom. The van der Waals surface area contributed by atoms with Crippen molar-refractivity contribution in [1.82, 2.24) is 4.31 Å². The molecular weight excluding hydrogens is 470 g/mol. The average molecular weight is 496 g/mol. The minimum atomic E-state index is -3.87. The van der Waals surface area contributed by atoms with Gasteiger partial charge in [-0.05, 0) is 43.2 Å². The van der Waals surface area contributed by atoms with Gasteiger partial charge in [0.15, 0.2) is 6.61 Å². The second-order valence-electron chi connectivity index (χ2n) is 7.52. The van der Waals surface area contributed by atoms with Crippen LogP contribution in [0.25, 0.3) is 0 Å². The van der Waals surface area contributed by atoms with Crippen LogP contribution in [0.1, 0.15) is 12.8 Å². The molecule has 1 aliphatic rings. The van der Waals surface area contributed by atoms with Crippen molar-refractivity contribution in [2.24, 2.45) is 0 Å². The number of benzene rings is 2. The van der Waals surface area contributed by atoms with Crippen LogP contribution < -0.4 is 9.62 Å². The number of para-hydroxylation sites is 1. The lowest BCUT2D eigenvalue weighted by molar-refractivity contribution is -0.150. The van der Waals surface area contributed by atoms with Crippen LogP contribution in [-0.4, -0.2) is 65.5 Å². The SMILES string of the molecule is CN(c1ccccc1)S(=O)(=O)c1cccc(NC(=O)COC(=O)[C@@H]2CCCN2S(C)(=O)=O)c1. The molecule has 12 heteroatoms. The fraction of sp³-hybridized carbons (Fsp3) is 0.333. The van der Waals surface area contributed by atoms with Crippen molar-refractivity contribution in [3.8, 4) is 0 Å². The molecule has 1 heterocycles. The molecule has 1 fully saturated rings. The third kappa shape index (κ3) is 5.89. The largest absolute Gasteiger partial charge is 0.454 e. The number of sulfonamides is 2. The summed E-state index contributed by atoms with van der Waals surface area (Å²) in [6, 6.07) is 13.3. The van der Waals surface area contributed by atoms with Gasteiger partial charge in [0.25, 0.3) is 15.9 Å². The molecule has 33 heavy (non-hydrogen) atoms. The highest BCUT2D eigenvalue weighted by Crippen LogP contribution is 2.24. The lowest BCUT2D eigenvalue weighted by atomic mass is 10.2. The van der Waals surface area contributed by atoms with E-state index in [0.29, 0.717) is 18.5 Å². The maximum Gasteiger partial charge on any atom is 0.324 e. The summed E-state index contributed by atoms with van der Waals surface area (Å²) >= 11 is 0. The van der Waals surface area contributed by atoms with Gasteiger partial charge in [0.05, 0.1) is 16.8 Å². The van der Waals surface area contributed by atoms with Crippen molar-refractivity contribution < 1.29 is 31.2 Å². The molecule has 2 aromatic carbocycles. The van der Waals surface area contributed by atoms with Crippen LogP contribution >= 0.6 is 0 Å². The molecule has 1 atom stereocenters. The molecule has 3 rings (SSSR count). The lowest BCUT2D eigenvalue weighted by Crippen LogP contribution is -2.41. The molecule has 0 spiro atoms. The first-order valence-electron chi connectivity index (χ1n) is 10.1. The van der Waals surface area contributed by atoms with Gasteiger partial charge in [0.2, 0.25) is 10.0 Å². The molecule has 1 saturated heterocycles. The van der Waals surface area contributed by atoms with Gasteiger partial charge >= 0.3 is 5.97 Å². The van der Waals surface area contributed by atoms with E-state index in [1.165, 1.54) is 31.3 Å². The van der Waals surface area contributed by atoms with E-state index in [0.717, 1.165) is 14.9 Å². The smallest absolute Gasteiger partial charge is 0.324 e. The first-order chi connectivity index (χ1) is 15.5. The Morgan fingerprint density at radius 1 is 1.09 bits per heavy atom. The van der Waals surface area contributed by atoms with Gasteiger partial charge in [-0.15, -0.1) is 0 Å². The van der Waals surface area contributed by atoms with E-state index in [1.807, 2.05) is 0 Å². The molecule has 1 N–H and O–H groups in total. The third-order valence-electron chi connectivity index (χ3n) is 5.14. The highest BCUT2D eigenvalue weighted by atomic mass is 32.2. The normalized spacial score (nSPS) is 16.8. The predicted octanol–water partition coefficient (Wildman–Crippen LogP) is 1.42. The first-order valence-corrected chi connectivity index (χ1v) is 13.4. The summed E-state index contributed by atoms with van der Waals surface area (Å²) in [6.07, 6.45) is 1.86. The molecule has 0 bridgehead atoms. The topological polar surface area (TPSA) is 130 Å². The van der Waals surface area contributed by atoms with E-state index in [9.17, 15) is 26.4 Å². The van der Waals surface area contributed by atoms with Crippen LogP contribution in [0.15, 0.2) is 59.5 Å². The Morgan fingerprint density at radius 3 is 2.45 bits per heavy atom. The van der Waals surface area contributed by atoms with E-state index in [2.05, 4.69) is 5.32 Å². The van der Waals surface area contributed by atoms with Crippen molar-refractivity contribution in [3.05, 3.63) is 54.6 Å². The van der Waals surface area contributed by atoms with E-state index in [4.69, 9.17) is 4.74 Å². The molecule has 10 nitrogen and oxygen atoms in total. The lowest BCUT2D eigenvalue weighted by Gasteiger charge is -2.20. The molecule has 0 saturated carbocycles. The van der Waals surface area contributed by atoms with Crippen LogP contribution in [0.2, 0.25) is 0 Å². The minimum Gasteiger partial charge on any atom is -0.454 e. The van der Waals surface area contributed by atoms with Gasteiger partial charge in [-0.3, -0.25) is 13.9 Å². The standard InChI is InChI=1S/C21H25N3O7S2/c1-23(17-9-4-3-5-10-17)33(29,30)18-11-6-8-16(14-18)22-20(25)15-31-21(26)19-12-7-13-24(19)32(2,27)28/h3-6,8-11,14,19H,7,12-13,15H2,1-2H3,(H,22,25)/t19-/m0/s1. The second-order valence-corrected chi connectivity index (χ2v) is 11.4. The molecule has 2 aromatic rings. The molecule has 1 amide bonds. The Hall–Kier alpha value is -2.96. The van der Waals surface area contributed by atoms with Crippen molar-refractivity contribution in [2.45, 2.75) is 23.8 Å². The number of amides is 1.